The highest BCUT2D eigenvalue weighted by Crippen LogP contribution is 2.40. The minimum Gasteiger partial charge on any atom is -0.497 e. The summed E-state index contributed by atoms with van der Waals surface area (Å²) in [6.07, 6.45) is 0.965. The normalized spacial score (nSPS) is 11.7. The standard InChI is InChI=1S/2C20H17BrN2O4S2/c2*1-12-18(21)20(27-22-12)23-29(24,25)19-15-5-3-4-6-16(15)28-17(19)11-13-7-9-14(26-2)10-8-13/h2*3-10,23H,11H2,1-2H3. The zero-order chi connectivity index (χ0) is 41.2. The lowest BCUT2D eigenvalue weighted by molar-refractivity contribution is 0.414. The number of anilines is 2. The van der Waals surface area contributed by atoms with Crippen LogP contribution in [0.3, 0.4) is 0 Å². The van der Waals surface area contributed by atoms with Crippen LogP contribution in [0.2, 0.25) is 0 Å². The summed E-state index contributed by atoms with van der Waals surface area (Å²) in [6, 6.07) is 30.1. The molecule has 0 aliphatic heterocycles. The van der Waals surface area contributed by atoms with Gasteiger partial charge in [0.2, 0.25) is 0 Å². The number of rotatable bonds is 12. The zero-order valence-electron chi connectivity index (χ0n) is 31.2. The summed E-state index contributed by atoms with van der Waals surface area (Å²) in [5.74, 6) is 1.64. The number of ether oxygens (including phenoxy) is 2. The third-order valence-electron chi connectivity index (χ3n) is 8.86. The number of nitrogens with zero attached hydrogens (tertiary/aromatic N) is 2. The highest BCUT2D eigenvalue weighted by molar-refractivity contribution is 9.11. The quantitative estimate of drug-likeness (QED) is 0.120. The monoisotopic (exact) mass is 984 g/mol. The molecule has 4 aromatic carbocycles. The maximum absolute atomic E-state index is 13.3. The van der Waals surface area contributed by atoms with E-state index < -0.39 is 20.0 Å². The maximum Gasteiger partial charge on any atom is 0.266 e. The molecule has 0 aliphatic rings. The van der Waals surface area contributed by atoms with Gasteiger partial charge in [-0.15, -0.1) is 22.7 Å². The number of hydrogen-bond donors (Lipinski definition) is 2. The molecule has 0 radical (unpaired) electrons. The fraction of sp³-hybridized carbons (Fsp3) is 0.150. The van der Waals surface area contributed by atoms with Gasteiger partial charge in [0.15, 0.2) is 0 Å². The van der Waals surface area contributed by atoms with E-state index >= 15 is 0 Å². The Morgan fingerprint density at radius 2 is 0.948 bits per heavy atom. The molecule has 8 aromatic rings. The molecule has 0 atom stereocenters. The minimum atomic E-state index is -3.90. The molecule has 18 heteroatoms. The Labute approximate surface area is 359 Å². The van der Waals surface area contributed by atoms with Crippen LogP contribution in [0.1, 0.15) is 32.3 Å². The van der Waals surface area contributed by atoms with Crippen molar-refractivity contribution in [1.82, 2.24) is 10.3 Å². The van der Waals surface area contributed by atoms with Crippen molar-refractivity contribution in [2.24, 2.45) is 0 Å². The first-order chi connectivity index (χ1) is 27.8. The Bertz CT molecular complexity index is 2760. The molecule has 0 aliphatic carbocycles. The van der Waals surface area contributed by atoms with E-state index in [2.05, 4.69) is 51.6 Å². The molecular weight excluding hydrogens is 953 g/mol. The molecule has 4 heterocycles. The second kappa shape index (κ2) is 17.2. The molecule has 8 rings (SSSR count). The van der Waals surface area contributed by atoms with Gasteiger partial charge in [0.05, 0.1) is 25.6 Å². The average Bonchev–Trinajstić information content (AvgIpc) is 3.96. The van der Waals surface area contributed by atoms with Gasteiger partial charge in [-0.1, -0.05) is 71.0 Å². The summed E-state index contributed by atoms with van der Waals surface area (Å²) in [5.41, 5.74) is 3.11. The Morgan fingerprint density at radius 3 is 1.28 bits per heavy atom. The number of methoxy groups -OCH3 is 2. The first-order valence-electron chi connectivity index (χ1n) is 17.3. The number of hydrogen-bond acceptors (Lipinski definition) is 12. The van der Waals surface area contributed by atoms with Crippen LogP contribution in [0.4, 0.5) is 11.8 Å². The molecule has 0 saturated heterocycles. The van der Waals surface area contributed by atoms with Crippen molar-refractivity contribution < 1.29 is 35.4 Å². The van der Waals surface area contributed by atoms with Gasteiger partial charge in [0, 0.05) is 42.8 Å². The molecule has 0 unspecified atom stereocenters. The number of fused-ring (bicyclic) bond motifs is 2. The Hall–Kier alpha value is -4.72. The van der Waals surface area contributed by atoms with Gasteiger partial charge >= 0.3 is 0 Å². The van der Waals surface area contributed by atoms with E-state index in [0.29, 0.717) is 43.9 Å². The third kappa shape index (κ3) is 8.81. The van der Waals surface area contributed by atoms with Crippen LogP contribution in [0.25, 0.3) is 20.2 Å². The second-order valence-electron chi connectivity index (χ2n) is 12.8. The van der Waals surface area contributed by atoms with E-state index in [1.807, 2.05) is 97.1 Å². The van der Waals surface area contributed by atoms with Gasteiger partial charge in [-0.2, -0.15) is 0 Å². The summed E-state index contributed by atoms with van der Waals surface area (Å²) >= 11 is 9.55. The number of benzene rings is 4. The van der Waals surface area contributed by atoms with Crippen molar-refractivity contribution in [3.05, 3.63) is 138 Å². The number of halogens is 2. The summed E-state index contributed by atoms with van der Waals surface area (Å²) < 4.78 is 81.8. The molecule has 12 nitrogen and oxygen atoms in total. The number of sulfonamides is 2. The fourth-order valence-electron chi connectivity index (χ4n) is 6.01. The van der Waals surface area contributed by atoms with Crippen LogP contribution in [0.15, 0.2) is 125 Å². The predicted molar refractivity (Wildman–Crippen MR) is 235 cm³/mol. The Balaban J connectivity index is 0.000000177. The number of aryl methyl sites for hydroxylation is 2. The maximum atomic E-state index is 13.3. The van der Waals surface area contributed by atoms with E-state index in [0.717, 1.165) is 41.8 Å². The van der Waals surface area contributed by atoms with Gasteiger partial charge in [0.1, 0.15) is 30.2 Å². The van der Waals surface area contributed by atoms with Crippen molar-refractivity contribution >= 4 is 107 Å². The molecule has 0 saturated carbocycles. The first-order valence-corrected chi connectivity index (χ1v) is 23.5. The molecule has 58 heavy (non-hydrogen) atoms. The van der Waals surface area contributed by atoms with Crippen LogP contribution in [0, 0.1) is 13.8 Å². The van der Waals surface area contributed by atoms with Gasteiger partial charge in [-0.05, 0) is 93.2 Å². The summed E-state index contributed by atoms with van der Waals surface area (Å²) in [7, 11) is -4.57. The zero-order valence-corrected chi connectivity index (χ0v) is 37.6. The van der Waals surface area contributed by atoms with E-state index in [1.54, 1.807) is 28.1 Å². The minimum absolute atomic E-state index is 0.0631. The Kier molecular flexibility index (Phi) is 12.3. The van der Waals surface area contributed by atoms with Crippen molar-refractivity contribution in [1.29, 1.82) is 0 Å². The van der Waals surface area contributed by atoms with Gasteiger partial charge in [0.25, 0.3) is 31.8 Å². The van der Waals surface area contributed by atoms with Gasteiger partial charge < -0.3 is 18.5 Å². The Morgan fingerprint density at radius 1 is 0.586 bits per heavy atom. The molecule has 0 bridgehead atoms. The second-order valence-corrected chi connectivity index (χ2v) is 19.9. The lowest BCUT2D eigenvalue weighted by Crippen LogP contribution is -2.14. The summed E-state index contributed by atoms with van der Waals surface area (Å²) in [4.78, 5) is 2.01. The van der Waals surface area contributed by atoms with Crippen molar-refractivity contribution in [2.45, 2.75) is 36.5 Å². The number of nitrogens with one attached hydrogen (secondary N) is 2. The van der Waals surface area contributed by atoms with Crippen LogP contribution < -0.4 is 18.9 Å². The summed E-state index contributed by atoms with van der Waals surface area (Å²) in [6.45, 7) is 3.45. The average molecular weight is 987 g/mol. The topological polar surface area (TPSA) is 163 Å². The number of aromatic nitrogens is 2. The van der Waals surface area contributed by atoms with E-state index in [4.69, 9.17) is 18.5 Å². The third-order valence-corrected chi connectivity index (χ3v) is 16.2. The highest BCUT2D eigenvalue weighted by atomic mass is 79.9. The molecule has 0 spiro atoms. The first kappa shape index (κ1) is 41.4. The molecule has 300 valence electrons. The lowest BCUT2D eigenvalue weighted by Gasteiger charge is -2.08. The SMILES string of the molecule is COc1ccc(Cc2sc3ccccc3c2S(=O)(=O)Nc2onc(C)c2Br)cc1.COc1ccc(Cc2sc3ccccc3c2S(=O)(=O)Nc2onc(C)c2Br)cc1. The largest absolute Gasteiger partial charge is 0.497 e. The smallest absolute Gasteiger partial charge is 0.266 e. The van der Waals surface area contributed by atoms with Crippen molar-refractivity contribution in [2.75, 3.05) is 23.7 Å². The van der Waals surface area contributed by atoms with Crippen LogP contribution in [-0.4, -0.2) is 41.4 Å². The van der Waals surface area contributed by atoms with Gasteiger partial charge in [-0.3, -0.25) is 0 Å². The van der Waals surface area contributed by atoms with Crippen molar-refractivity contribution in [3.8, 4) is 11.5 Å². The van der Waals surface area contributed by atoms with Crippen molar-refractivity contribution in [3.63, 3.8) is 0 Å². The predicted octanol–water partition coefficient (Wildman–Crippen LogP) is 10.7. The van der Waals surface area contributed by atoms with E-state index in [1.165, 1.54) is 22.7 Å². The number of thiophene rings is 2. The molecule has 0 fully saturated rings. The van der Waals surface area contributed by atoms with Crippen LogP contribution in [0.5, 0.6) is 11.5 Å². The van der Waals surface area contributed by atoms with Crippen LogP contribution >= 0.6 is 54.5 Å². The fourth-order valence-corrected chi connectivity index (χ4v) is 12.7. The van der Waals surface area contributed by atoms with E-state index in [-0.39, 0.29) is 21.6 Å². The van der Waals surface area contributed by atoms with Gasteiger partial charge in [-0.25, -0.2) is 26.3 Å². The molecule has 4 aromatic heterocycles. The van der Waals surface area contributed by atoms with E-state index in [9.17, 15) is 16.8 Å². The molecule has 2 N–H and O–H groups in total. The van der Waals surface area contributed by atoms with Crippen LogP contribution in [-0.2, 0) is 32.9 Å². The molecule has 0 amide bonds. The summed E-state index contributed by atoms with van der Waals surface area (Å²) in [5, 5.41) is 8.95. The highest BCUT2D eigenvalue weighted by Gasteiger charge is 2.29. The molecular formula is C40H34Br2N4O8S4. The lowest BCUT2D eigenvalue weighted by atomic mass is 10.1.